The van der Waals surface area contributed by atoms with E-state index < -0.39 is 0 Å². The molecule has 0 bridgehead atoms. The highest BCUT2D eigenvalue weighted by molar-refractivity contribution is 8.13. The summed E-state index contributed by atoms with van der Waals surface area (Å²) >= 11 is 1.33. The van der Waals surface area contributed by atoms with Gasteiger partial charge in [0.1, 0.15) is 0 Å². The summed E-state index contributed by atoms with van der Waals surface area (Å²) in [5, 5.41) is 0.139. The van der Waals surface area contributed by atoms with Gasteiger partial charge in [-0.3, -0.25) is 9.59 Å². The van der Waals surface area contributed by atoms with Crippen LogP contribution in [0.1, 0.15) is 27.2 Å². The molecule has 1 unspecified atom stereocenters. The van der Waals surface area contributed by atoms with E-state index in [9.17, 15) is 9.59 Å². The van der Waals surface area contributed by atoms with Crippen molar-refractivity contribution in [3.63, 3.8) is 0 Å². The minimum Gasteiger partial charge on any atom is -0.341 e. The van der Waals surface area contributed by atoms with Crippen LogP contribution in [0.3, 0.4) is 0 Å². The van der Waals surface area contributed by atoms with Crippen molar-refractivity contribution < 1.29 is 9.59 Å². The standard InChI is InChI=1S/C13H24N2O2S/c1-10(2)14(4)5-6-15-8-12(7-13(15)17)9-18-11(3)16/h10,12H,5-9H2,1-4H3. The average molecular weight is 272 g/mol. The second-order valence-electron chi connectivity index (χ2n) is 5.29. The minimum absolute atomic E-state index is 0.139. The molecule has 1 fully saturated rings. The molecule has 1 heterocycles. The first-order valence-corrected chi connectivity index (χ1v) is 7.50. The Morgan fingerprint density at radius 3 is 2.78 bits per heavy atom. The van der Waals surface area contributed by atoms with E-state index in [1.807, 2.05) is 4.90 Å². The van der Waals surface area contributed by atoms with Gasteiger partial charge in [-0.15, -0.1) is 0 Å². The molecule has 1 amide bonds. The molecule has 1 saturated heterocycles. The van der Waals surface area contributed by atoms with E-state index in [1.165, 1.54) is 11.8 Å². The second-order valence-corrected chi connectivity index (χ2v) is 6.48. The monoisotopic (exact) mass is 272 g/mol. The molecule has 0 saturated carbocycles. The zero-order chi connectivity index (χ0) is 13.7. The van der Waals surface area contributed by atoms with Gasteiger partial charge in [-0.2, -0.15) is 0 Å². The Labute approximate surface area is 114 Å². The Hall–Kier alpha value is -0.550. The molecule has 4 nitrogen and oxygen atoms in total. The molecule has 1 atom stereocenters. The summed E-state index contributed by atoms with van der Waals surface area (Å²) < 4.78 is 0. The van der Waals surface area contributed by atoms with Crippen molar-refractivity contribution >= 4 is 22.8 Å². The molecule has 0 aliphatic carbocycles. The summed E-state index contributed by atoms with van der Waals surface area (Å²) in [7, 11) is 2.08. The molecule has 0 aromatic heterocycles. The summed E-state index contributed by atoms with van der Waals surface area (Å²) in [5.74, 6) is 1.36. The van der Waals surface area contributed by atoms with Crippen LogP contribution in [0.4, 0.5) is 0 Å². The maximum absolute atomic E-state index is 11.8. The van der Waals surface area contributed by atoms with E-state index in [2.05, 4.69) is 25.8 Å². The third kappa shape index (κ3) is 4.98. The summed E-state index contributed by atoms with van der Waals surface area (Å²) in [6, 6.07) is 0.506. The zero-order valence-corrected chi connectivity index (χ0v) is 12.6. The van der Waals surface area contributed by atoms with E-state index in [-0.39, 0.29) is 11.0 Å². The van der Waals surface area contributed by atoms with Crippen molar-refractivity contribution in [2.45, 2.75) is 33.2 Å². The van der Waals surface area contributed by atoms with Crippen LogP contribution < -0.4 is 0 Å². The fourth-order valence-corrected chi connectivity index (χ4v) is 2.65. The third-order valence-corrected chi connectivity index (χ3v) is 4.47. The Kier molecular flexibility index (Phi) is 6.15. The smallest absolute Gasteiger partial charge is 0.222 e. The molecular weight excluding hydrogens is 248 g/mol. The van der Waals surface area contributed by atoms with Crippen LogP contribution in [0.2, 0.25) is 0 Å². The SMILES string of the molecule is CC(=O)SCC1CC(=O)N(CCN(C)C(C)C)C1. The maximum Gasteiger partial charge on any atom is 0.222 e. The van der Waals surface area contributed by atoms with Gasteiger partial charge in [-0.05, 0) is 26.8 Å². The van der Waals surface area contributed by atoms with Gasteiger partial charge in [-0.25, -0.2) is 0 Å². The van der Waals surface area contributed by atoms with Crippen LogP contribution in [0.25, 0.3) is 0 Å². The normalized spacial score (nSPS) is 20.2. The topological polar surface area (TPSA) is 40.6 Å². The summed E-state index contributed by atoms with van der Waals surface area (Å²) in [6.45, 7) is 8.41. The Morgan fingerprint density at radius 2 is 2.22 bits per heavy atom. The lowest BCUT2D eigenvalue weighted by Crippen LogP contribution is -2.37. The van der Waals surface area contributed by atoms with Crippen LogP contribution in [-0.4, -0.2) is 59.3 Å². The molecule has 0 radical (unpaired) electrons. The third-order valence-electron chi connectivity index (χ3n) is 3.42. The van der Waals surface area contributed by atoms with Gasteiger partial charge in [0.25, 0.3) is 0 Å². The van der Waals surface area contributed by atoms with Gasteiger partial charge in [0.2, 0.25) is 5.91 Å². The van der Waals surface area contributed by atoms with Gasteiger partial charge in [-0.1, -0.05) is 11.8 Å². The number of carbonyl (C=O) groups excluding carboxylic acids is 2. The minimum atomic E-state index is 0.139. The molecule has 0 spiro atoms. The molecular formula is C13H24N2O2S. The van der Waals surface area contributed by atoms with E-state index in [1.54, 1.807) is 6.92 Å². The number of thioether (sulfide) groups is 1. The van der Waals surface area contributed by atoms with Gasteiger partial charge in [0, 0.05) is 44.8 Å². The van der Waals surface area contributed by atoms with Gasteiger partial charge < -0.3 is 9.80 Å². The van der Waals surface area contributed by atoms with E-state index in [0.29, 0.717) is 18.4 Å². The Morgan fingerprint density at radius 1 is 1.56 bits per heavy atom. The molecule has 104 valence electrons. The van der Waals surface area contributed by atoms with Crippen molar-refractivity contribution in [1.82, 2.24) is 9.80 Å². The van der Waals surface area contributed by atoms with Crippen LogP contribution >= 0.6 is 11.8 Å². The van der Waals surface area contributed by atoms with Gasteiger partial charge in [0.05, 0.1) is 0 Å². The summed E-state index contributed by atoms with van der Waals surface area (Å²) in [6.07, 6.45) is 0.603. The maximum atomic E-state index is 11.8. The molecule has 0 aromatic carbocycles. The van der Waals surface area contributed by atoms with Crippen LogP contribution in [0, 0.1) is 5.92 Å². The molecule has 1 aliphatic rings. The first-order chi connectivity index (χ1) is 8.40. The number of likely N-dealkylation sites (N-methyl/N-ethyl adjacent to an activating group) is 1. The molecule has 5 heteroatoms. The van der Waals surface area contributed by atoms with Crippen molar-refractivity contribution in [1.29, 1.82) is 0 Å². The summed E-state index contributed by atoms with van der Waals surface area (Å²) in [4.78, 5) is 26.9. The Balaban J connectivity index is 2.31. The highest BCUT2D eigenvalue weighted by atomic mass is 32.2. The molecule has 18 heavy (non-hydrogen) atoms. The van der Waals surface area contributed by atoms with Crippen LogP contribution in [0.15, 0.2) is 0 Å². The van der Waals surface area contributed by atoms with Gasteiger partial charge >= 0.3 is 0 Å². The highest BCUT2D eigenvalue weighted by Gasteiger charge is 2.29. The predicted octanol–water partition coefficient (Wildman–Crippen LogP) is 1.45. The highest BCUT2D eigenvalue weighted by Crippen LogP contribution is 2.22. The fraction of sp³-hybridized carbons (Fsp3) is 0.846. The summed E-state index contributed by atoms with van der Waals surface area (Å²) in [5.41, 5.74) is 0. The number of likely N-dealkylation sites (tertiary alicyclic amines) is 1. The second kappa shape index (κ2) is 7.14. The molecule has 1 rings (SSSR count). The van der Waals surface area contributed by atoms with Gasteiger partial charge in [0.15, 0.2) is 5.12 Å². The van der Waals surface area contributed by atoms with Crippen molar-refractivity contribution in [2.75, 3.05) is 32.4 Å². The average Bonchev–Trinajstić information content (AvgIpc) is 2.64. The first kappa shape index (κ1) is 15.5. The molecule has 0 aromatic rings. The lowest BCUT2D eigenvalue weighted by molar-refractivity contribution is -0.127. The van der Waals surface area contributed by atoms with Crippen LogP contribution in [0.5, 0.6) is 0 Å². The number of amides is 1. The van der Waals surface area contributed by atoms with Crippen LogP contribution in [-0.2, 0) is 9.59 Å². The van der Waals surface area contributed by atoms with E-state index >= 15 is 0 Å². The fourth-order valence-electron chi connectivity index (χ4n) is 1.95. The van der Waals surface area contributed by atoms with Crippen molar-refractivity contribution in [2.24, 2.45) is 5.92 Å². The number of rotatable bonds is 6. The van der Waals surface area contributed by atoms with E-state index in [0.717, 1.165) is 25.4 Å². The predicted molar refractivity (Wildman–Crippen MR) is 75.6 cm³/mol. The van der Waals surface area contributed by atoms with Crippen molar-refractivity contribution in [3.05, 3.63) is 0 Å². The van der Waals surface area contributed by atoms with E-state index in [4.69, 9.17) is 0 Å². The lowest BCUT2D eigenvalue weighted by Gasteiger charge is -2.24. The number of nitrogens with zero attached hydrogens (tertiary/aromatic N) is 2. The first-order valence-electron chi connectivity index (χ1n) is 6.51. The number of carbonyl (C=O) groups is 2. The largest absolute Gasteiger partial charge is 0.341 e. The van der Waals surface area contributed by atoms with Crippen molar-refractivity contribution in [3.8, 4) is 0 Å². The number of hydrogen-bond donors (Lipinski definition) is 0. The number of hydrogen-bond acceptors (Lipinski definition) is 4. The quantitative estimate of drug-likeness (QED) is 0.734. The zero-order valence-electron chi connectivity index (χ0n) is 11.8. The molecule has 1 aliphatic heterocycles. The molecule has 0 N–H and O–H groups in total. The lowest BCUT2D eigenvalue weighted by atomic mass is 10.1. The Bertz CT molecular complexity index is 307.